The van der Waals surface area contributed by atoms with Crippen molar-refractivity contribution in [3.63, 3.8) is 0 Å². The molecule has 138 valence electrons. The Labute approximate surface area is 157 Å². The minimum absolute atomic E-state index is 0.229. The van der Waals surface area contributed by atoms with Crippen LogP contribution in [0, 0.1) is 11.6 Å². The fourth-order valence-corrected chi connectivity index (χ4v) is 3.28. The van der Waals surface area contributed by atoms with Crippen LogP contribution in [-0.4, -0.2) is 33.6 Å². The SMILES string of the molecule is O=C(O)CC1SC(=NN=Cc2ccc(-c3ccc(F)cc3F)cc2)NC1=O. The van der Waals surface area contributed by atoms with Crippen LogP contribution in [0.3, 0.4) is 0 Å². The van der Waals surface area contributed by atoms with Crippen LogP contribution in [0.15, 0.2) is 52.7 Å². The van der Waals surface area contributed by atoms with E-state index in [4.69, 9.17) is 5.11 Å². The van der Waals surface area contributed by atoms with E-state index in [2.05, 4.69) is 15.5 Å². The van der Waals surface area contributed by atoms with Gasteiger partial charge in [0.05, 0.1) is 12.6 Å². The largest absolute Gasteiger partial charge is 0.481 e. The predicted octanol–water partition coefficient (Wildman–Crippen LogP) is 3.03. The molecule has 1 aliphatic rings. The molecule has 0 aromatic heterocycles. The summed E-state index contributed by atoms with van der Waals surface area (Å²) in [6, 6.07) is 10.1. The Balaban J connectivity index is 1.66. The number of halogens is 2. The molecule has 27 heavy (non-hydrogen) atoms. The van der Waals surface area contributed by atoms with Gasteiger partial charge in [0, 0.05) is 11.6 Å². The van der Waals surface area contributed by atoms with E-state index in [1.807, 2.05) is 0 Å². The van der Waals surface area contributed by atoms with Gasteiger partial charge >= 0.3 is 5.97 Å². The molecule has 1 saturated heterocycles. The molecule has 1 unspecified atom stereocenters. The molecule has 2 N–H and O–H groups in total. The molecule has 2 aromatic carbocycles. The van der Waals surface area contributed by atoms with Crippen molar-refractivity contribution in [2.75, 3.05) is 0 Å². The molecule has 1 fully saturated rings. The van der Waals surface area contributed by atoms with Gasteiger partial charge in [0.15, 0.2) is 5.17 Å². The number of hydrogen-bond acceptors (Lipinski definition) is 5. The number of carboxylic acids is 1. The van der Waals surface area contributed by atoms with Crippen molar-refractivity contribution in [3.05, 3.63) is 59.7 Å². The van der Waals surface area contributed by atoms with E-state index >= 15 is 0 Å². The lowest BCUT2D eigenvalue weighted by atomic mass is 10.0. The lowest BCUT2D eigenvalue weighted by Gasteiger charge is -2.03. The maximum Gasteiger partial charge on any atom is 0.305 e. The number of carbonyl (C=O) groups excluding carboxylic acids is 1. The number of carbonyl (C=O) groups is 2. The molecule has 3 rings (SSSR count). The molecule has 9 heteroatoms. The second-order valence-electron chi connectivity index (χ2n) is 5.59. The second kappa shape index (κ2) is 8.09. The highest BCUT2D eigenvalue weighted by Crippen LogP contribution is 2.24. The molecule has 2 aromatic rings. The van der Waals surface area contributed by atoms with Crippen molar-refractivity contribution in [1.29, 1.82) is 0 Å². The Morgan fingerprint density at radius 1 is 1.22 bits per heavy atom. The number of hydrogen-bond donors (Lipinski definition) is 2. The third-order valence-corrected chi connectivity index (χ3v) is 4.72. The number of amidine groups is 1. The molecule has 0 bridgehead atoms. The first-order valence-corrected chi connectivity index (χ1v) is 8.66. The first-order valence-electron chi connectivity index (χ1n) is 7.78. The van der Waals surface area contributed by atoms with Crippen LogP contribution in [0.1, 0.15) is 12.0 Å². The van der Waals surface area contributed by atoms with Crippen LogP contribution in [-0.2, 0) is 9.59 Å². The van der Waals surface area contributed by atoms with Crippen molar-refractivity contribution in [3.8, 4) is 11.1 Å². The van der Waals surface area contributed by atoms with Gasteiger partial charge in [-0.1, -0.05) is 36.0 Å². The smallest absolute Gasteiger partial charge is 0.305 e. The lowest BCUT2D eigenvalue weighted by molar-refractivity contribution is -0.138. The van der Waals surface area contributed by atoms with Crippen LogP contribution in [0.25, 0.3) is 11.1 Å². The minimum Gasteiger partial charge on any atom is -0.481 e. The summed E-state index contributed by atoms with van der Waals surface area (Å²) in [7, 11) is 0. The summed E-state index contributed by atoms with van der Waals surface area (Å²) >= 11 is 1.01. The van der Waals surface area contributed by atoms with Gasteiger partial charge in [-0.3, -0.25) is 9.59 Å². The number of benzene rings is 2. The summed E-state index contributed by atoms with van der Waals surface area (Å²) in [5.41, 5.74) is 1.56. The van der Waals surface area contributed by atoms with E-state index in [1.54, 1.807) is 24.3 Å². The highest BCUT2D eigenvalue weighted by atomic mass is 32.2. The van der Waals surface area contributed by atoms with Crippen LogP contribution in [0.5, 0.6) is 0 Å². The van der Waals surface area contributed by atoms with Gasteiger partial charge in [0.1, 0.15) is 16.9 Å². The fraction of sp³-hybridized carbons (Fsp3) is 0.111. The zero-order valence-corrected chi connectivity index (χ0v) is 14.5. The van der Waals surface area contributed by atoms with Crippen molar-refractivity contribution in [2.24, 2.45) is 10.2 Å². The first kappa shape index (κ1) is 18.7. The van der Waals surface area contributed by atoms with Crippen molar-refractivity contribution in [2.45, 2.75) is 11.7 Å². The Kier molecular flexibility index (Phi) is 5.60. The Morgan fingerprint density at radius 3 is 2.63 bits per heavy atom. The first-order chi connectivity index (χ1) is 12.9. The third kappa shape index (κ3) is 4.76. The summed E-state index contributed by atoms with van der Waals surface area (Å²) in [5.74, 6) is -2.76. The van der Waals surface area contributed by atoms with E-state index in [0.717, 1.165) is 17.8 Å². The highest BCUT2D eigenvalue weighted by Gasteiger charge is 2.32. The van der Waals surface area contributed by atoms with Gasteiger partial charge in [-0.15, -0.1) is 5.10 Å². The van der Waals surface area contributed by atoms with Gasteiger partial charge < -0.3 is 10.4 Å². The molecular formula is C18H13F2N3O3S. The summed E-state index contributed by atoms with van der Waals surface area (Å²) in [5, 5.41) is 18.4. The average molecular weight is 389 g/mol. The predicted molar refractivity (Wildman–Crippen MR) is 98.6 cm³/mol. The van der Waals surface area contributed by atoms with Gasteiger partial charge in [-0.25, -0.2) is 8.78 Å². The number of aliphatic carboxylic acids is 1. The summed E-state index contributed by atoms with van der Waals surface area (Å²) in [6.07, 6.45) is 1.15. The maximum absolute atomic E-state index is 13.8. The number of nitrogens with one attached hydrogen (secondary N) is 1. The van der Waals surface area contributed by atoms with Crippen molar-refractivity contribution >= 4 is 35.0 Å². The normalized spacial score (nSPS) is 18.2. The molecule has 1 atom stereocenters. The summed E-state index contributed by atoms with van der Waals surface area (Å²) in [6.45, 7) is 0. The molecule has 0 aliphatic carbocycles. The summed E-state index contributed by atoms with van der Waals surface area (Å²) in [4.78, 5) is 22.3. The number of rotatable bonds is 5. The standard InChI is InChI=1S/C18H13F2N3O3S/c19-12-5-6-13(14(20)7-12)11-3-1-10(2-4-11)9-21-23-18-22-17(26)15(27-18)8-16(24)25/h1-7,9,15H,8H2,(H,24,25)(H,22,23,26). The minimum atomic E-state index is -1.06. The van der Waals surface area contributed by atoms with E-state index in [0.29, 0.717) is 11.1 Å². The Morgan fingerprint density at radius 2 is 1.96 bits per heavy atom. The molecule has 0 spiro atoms. The molecule has 1 heterocycles. The lowest BCUT2D eigenvalue weighted by Crippen LogP contribution is -2.26. The molecule has 0 saturated carbocycles. The van der Waals surface area contributed by atoms with E-state index in [-0.39, 0.29) is 17.2 Å². The monoisotopic (exact) mass is 389 g/mol. The second-order valence-corrected chi connectivity index (χ2v) is 6.78. The van der Waals surface area contributed by atoms with Gasteiger partial charge in [-0.2, -0.15) is 5.10 Å². The van der Waals surface area contributed by atoms with Crippen molar-refractivity contribution in [1.82, 2.24) is 5.32 Å². The van der Waals surface area contributed by atoms with Crippen LogP contribution < -0.4 is 5.32 Å². The van der Waals surface area contributed by atoms with E-state index in [1.165, 1.54) is 18.3 Å². The molecule has 1 aliphatic heterocycles. The van der Waals surface area contributed by atoms with Crippen LogP contribution >= 0.6 is 11.8 Å². The van der Waals surface area contributed by atoms with Crippen LogP contribution in [0.4, 0.5) is 8.78 Å². The Hall–Kier alpha value is -3.07. The number of nitrogens with zero attached hydrogens (tertiary/aromatic N) is 2. The molecule has 6 nitrogen and oxygen atoms in total. The molecule has 1 amide bonds. The molecule has 0 radical (unpaired) electrons. The quantitative estimate of drug-likeness (QED) is 0.607. The maximum atomic E-state index is 13.8. The van der Waals surface area contributed by atoms with Gasteiger partial charge in [0.2, 0.25) is 5.91 Å². The Bertz CT molecular complexity index is 945. The molecular weight excluding hydrogens is 376 g/mol. The number of thioether (sulfide) groups is 1. The highest BCUT2D eigenvalue weighted by molar-refractivity contribution is 8.15. The number of carboxylic acid groups (broad SMARTS) is 1. The number of amides is 1. The van der Waals surface area contributed by atoms with Gasteiger partial charge in [-0.05, 0) is 23.3 Å². The summed E-state index contributed by atoms with van der Waals surface area (Å²) < 4.78 is 26.8. The average Bonchev–Trinajstić information content (AvgIpc) is 2.95. The van der Waals surface area contributed by atoms with Crippen LogP contribution in [0.2, 0.25) is 0 Å². The van der Waals surface area contributed by atoms with Gasteiger partial charge in [0.25, 0.3) is 0 Å². The van der Waals surface area contributed by atoms with Crippen molar-refractivity contribution < 1.29 is 23.5 Å². The zero-order valence-electron chi connectivity index (χ0n) is 13.7. The van der Waals surface area contributed by atoms with E-state index in [9.17, 15) is 18.4 Å². The third-order valence-electron chi connectivity index (χ3n) is 3.64. The zero-order chi connectivity index (χ0) is 19.4. The fourth-order valence-electron chi connectivity index (χ4n) is 2.37. The topological polar surface area (TPSA) is 91.1 Å². The van der Waals surface area contributed by atoms with E-state index < -0.39 is 28.8 Å².